The zero-order valence-corrected chi connectivity index (χ0v) is 17.8. The molecular formula is C26H30N3O2+. The minimum Gasteiger partial charge on any atom is -0.489 e. The van der Waals surface area contributed by atoms with Crippen LogP contribution in [0.4, 0.5) is 0 Å². The second-order valence-corrected chi connectivity index (χ2v) is 8.16. The van der Waals surface area contributed by atoms with Crippen LogP contribution in [0, 0.1) is 5.92 Å². The van der Waals surface area contributed by atoms with Gasteiger partial charge in [-0.25, -0.2) is 0 Å². The van der Waals surface area contributed by atoms with Gasteiger partial charge in [0.15, 0.2) is 0 Å². The summed E-state index contributed by atoms with van der Waals surface area (Å²) in [4.78, 5) is 18.3. The Hall–Kier alpha value is -3.18. The lowest BCUT2D eigenvalue weighted by molar-refractivity contribution is -0.919. The van der Waals surface area contributed by atoms with Crippen LogP contribution in [0.1, 0.15) is 29.7 Å². The second kappa shape index (κ2) is 10.7. The lowest BCUT2D eigenvalue weighted by atomic mass is 9.95. The van der Waals surface area contributed by atoms with Crippen molar-refractivity contribution in [3.8, 4) is 5.75 Å². The molecule has 2 N–H and O–H groups in total. The minimum absolute atomic E-state index is 0.105. The summed E-state index contributed by atoms with van der Waals surface area (Å²) >= 11 is 0. The lowest BCUT2D eigenvalue weighted by Gasteiger charge is -2.28. The van der Waals surface area contributed by atoms with Crippen molar-refractivity contribution in [1.29, 1.82) is 0 Å². The van der Waals surface area contributed by atoms with E-state index in [-0.39, 0.29) is 11.8 Å². The number of rotatable bonds is 8. The molecule has 1 aliphatic heterocycles. The average molecular weight is 417 g/mol. The Morgan fingerprint density at radius 3 is 2.52 bits per heavy atom. The van der Waals surface area contributed by atoms with Crippen LogP contribution in [-0.2, 0) is 24.5 Å². The fourth-order valence-electron chi connectivity index (χ4n) is 4.06. The summed E-state index contributed by atoms with van der Waals surface area (Å²) in [6.45, 7) is 4.07. The summed E-state index contributed by atoms with van der Waals surface area (Å²) in [5.74, 6) is 1.17. The van der Waals surface area contributed by atoms with Gasteiger partial charge < -0.3 is 15.0 Å². The van der Waals surface area contributed by atoms with Gasteiger partial charge in [-0.15, -0.1) is 0 Å². The van der Waals surface area contributed by atoms with Crippen molar-refractivity contribution in [2.24, 2.45) is 5.92 Å². The van der Waals surface area contributed by atoms with E-state index in [1.165, 1.54) is 16.0 Å². The Bertz CT molecular complexity index is 955. The van der Waals surface area contributed by atoms with Crippen molar-refractivity contribution >= 4 is 5.91 Å². The van der Waals surface area contributed by atoms with Crippen LogP contribution in [0.5, 0.6) is 5.75 Å². The Balaban J connectivity index is 1.22. The number of benzene rings is 2. The van der Waals surface area contributed by atoms with Crippen LogP contribution in [0.2, 0.25) is 0 Å². The molecule has 2 heterocycles. The number of carbonyl (C=O) groups is 1. The van der Waals surface area contributed by atoms with Crippen LogP contribution < -0.4 is 15.0 Å². The lowest BCUT2D eigenvalue weighted by Crippen LogP contribution is -3.11. The van der Waals surface area contributed by atoms with Crippen LogP contribution in [0.3, 0.4) is 0 Å². The van der Waals surface area contributed by atoms with E-state index in [0.717, 1.165) is 43.9 Å². The molecule has 1 aliphatic rings. The summed E-state index contributed by atoms with van der Waals surface area (Å²) in [6, 6.07) is 24.4. The minimum atomic E-state index is 0.105. The number of amides is 1. The number of quaternary nitrogens is 1. The van der Waals surface area contributed by atoms with Gasteiger partial charge in [0.25, 0.3) is 0 Å². The molecule has 3 aromatic rings. The quantitative estimate of drug-likeness (QED) is 0.594. The van der Waals surface area contributed by atoms with Gasteiger partial charge in [0.05, 0.1) is 25.3 Å². The highest BCUT2D eigenvalue weighted by Gasteiger charge is 2.27. The third-order valence-electron chi connectivity index (χ3n) is 5.83. The van der Waals surface area contributed by atoms with E-state index in [2.05, 4.69) is 40.6 Å². The molecule has 0 saturated carbocycles. The maximum absolute atomic E-state index is 12.5. The summed E-state index contributed by atoms with van der Waals surface area (Å²) < 4.78 is 5.97. The van der Waals surface area contributed by atoms with Gasteiger partial charge in [-0.3, -0.25) is 9.78 Å². The number of aromatic nitrogens is 1. The fourth-order valence-corrected chi connectivity index (χ4v) is 4.06. The molecule has 31 heavy (non-hydrogen) atoms. The van der Waals surface area contributed by atoms with Gasteiger partial charge in [0.1, 0.15) is 18.9 Å². The molecule has 1 saturated heterocycles. The Morgan fingerprint density at radius 1 is 0.968 bits per heavy atom. The largest absolute Gasteiger partial charge is 0.489 e. The molecule has 1 aromatic heterocycles. The molecule has 0 aliphatic carbocycles. The molecule has 0 bridgehead atoms. The third kappa shape index (κ3) is 6.40. The van der Waals surface area contributed by atoms with Gasteiger partial charge in [-0.1, -0.05) is 48.5 Å². The summed E-state index contributed by atoms with van der Waals surface area (Å²) in [5, 5.41) is 3.04. The Kier molecular flexibility index (Phi) is 7.29. The molecule has 160 valence electrons. The van der Waals surface area contributed by atoms with Gasteiger partial charge in [0.2, 0.25) is 5.91 Å². The molecular weight excluding hydrogens is 386 g/mol. The van der Waals surface area contributed by atoms with Crippen LogP contribution >= 0.6 is 0 Å². The summed E-state index contributed by atoms with van der Waals surface area (Å²) in [6.07, 6.45) is 3.60. The molecule has 0 radical (unpaired) electrons. The first kappa shape index (κ1) is 21.1. The van der Waals surface area contributed by atoms with Gasteiger partial charge in [0, 0.05) is 30.5 Å². The first-order chi connectivity index (χ1) is 15.3. The fraction of sp³-hybridized carbons (Fsp3) is 0.308. The van der Waals surface area contributed by atoms with E-state index in [1.807, 2.05) is 42.5 Å². The topological polar surface area (TPSA) is 55.7 Å². The molecule has 0 spiro atoms. The number of nitrogens with one attached hydrogen (secondary N) is 2. The maximum atomic E-state index is 12.5. The molecule has 5 nitrogen and oxygen atoms in total. The van der Waals surface area contributed by atoms with Crippen molar-refractivity contribution in [2.45, 2.75) is 32.5 Å². The zero-order chi connectivity index (χ0) is 21.3. The zero-order valence-electron chi connectivity index (χ0n) is 17.8. The van der Waals surface area contributed by atoms with E-state index in [9.17, 15) is 4.79 Å². The highest BCUT2D eigenvalue weighted by atomic mass is 16.5. The Labute approximate surface area is 184 Å². The van der Waals surface area contributed by atoms with Crippen molar-refractivity contribution in [1.82, 2.24) is 10.3 Å². The van der Waals surface area contributed by atoms with Crippen molar-refractivity contribution in [3.05, 3.63) is 95.8 Å². The molecule has 4 rings (SSSR count). The molecule has 1 fully saturated rings. The number of nitrogens with zero attached hydrogens (tertiary/aromatic N) is 1. The van der Waals surface area contributed by atoms with E-state index in [4.69, 9.17) is 4.74 Å². The second-order valence-electron chi connectivity index (χ2n) is 8.16. The summed E-state index contributed by atoms with van der Waals surface area (Å²) in [7, 11) is 0. The number of ether oxygens (including phenoxy) is 1. The monoisotopic (exact) mass is 416 g/mol. The molecule has 0 atom stereocenters. The Morgan fingerprint density at radius 2 is 1.74 bits per heavy atom. The van der Waals surface area contributed by atoms with E-state index >= 15 is 0 Å². The van der Waals surface area contributed by atoms with Crippen molar-refractivity contribution < 1.29 is 14.4 Å². The smallest absolute Gasteiger partial charge is 0.223 e. The highest BCUT2D eigenvalue weighted by Crippen LogP contribution is 2.16. The van der Waals surface area contributed by atoms with E-state index < -0.39 is 0 Å². The van der Waals surface area contributed by atoms with E-state index in [1.54, 1.807) is 6.20 Å². The van der Waals surface area contributed by atoms with Gasteiger partial charge in [-0.05, 0) is 29.8 Å². The highest BCUT2D eigenvalue weighted by molar-refractivity contribution is 5.78. The summed E-state index contributed by atoms with van der Waals surface area (Å²) in [5.41, 5.74) is 3.34. The predicted molar refractivity (Wildman–Crippen MR) is 120 cm³/mol. The van der Waals surface area contributed by atoms with Crippen LogP contribution in [0.25, 0.3) is 0 Å². The SMILES string of the molecule is O=C(NCc1ccccn1)C1CC[NH+](Cc2cccc(OCc3ccccc3)c2)CC1. The number of hydrogen-bond acceptors (Lipinski definition) is 3. The van der Waals surface area contributed by atoms with Gasteiger partial charge in [-0.2, -0.15) is 0 Å². The molecule has 0 unspecified atom stereocenters. The number of hydrogen-bond donors (Lipinski definition) is 2. The number of carbonyl (C=O) groups excluding carboxylic acids is 1. The molecule has 5 heteroatoms. The molecule has 1 amide bonds. The normalized spacial score (nSPS) is 18.3. The first-order valence-electron chi connectivity index (χ1n) is 11.0. The maximum Gasteiger partial charge on any atom is 0.223 e. The number of likely N-dealkylation sites (tertiary alicyclic amines) is 1. The predicted octanol–water partition coefficient (Wildman–Crippen LogP) is 2.77. The van der Waals surface area contributed by atoms with Crippen LogP contribution in [-0.4, -0.2) is 24.0 Å². The first-order valence-corrected chi connectivity index (χ1v) is 11.0. The third-order valence-corrected chi connectivity index (χ3v) is 5.83. The number of piperidine rings is 1. The standard InChI is InChI=1S/C26H29N3O2/c30-26(28-18-24-10-4-5-14-27-24)23-12-15-29(16-13-23)19-22-9-6-11-25(17-22)31-20-21-7-2-1-3-8-21/h1-11,14,17,23H,12-13,15-16,18-20H2,(H,28,30)/p+1. The van der Waals surface area contributed by atoms with Crippen molar-refractivity contribution in [2.75, 3.05) is 13.1 Å². The van der Waals surface area contributed by atoms with Crippen molar-refractivity contribution in [3.63, 3.8) is 0 Å². The van der Waals surface area contributed by atoms with Crippen LogP contribution in [0.15, 0.2) is 79.0 Å². The average Bonchev–Trinajstić information content (AvgIpc) is 2.83. The van der Waals surface area contributed by atoms with Gasteiger partial charge >= 0.3 is 0 Å². The van der Waals surface area contributed by atoms with E-state index in [0.29, 0.717) is 13.2 Å². The molecule has 2 aromatic carbocycles. The number of pyridine rings is 1.